The Hall–Kier alpha value is -1.87. The first-order valence-corrected chi connectivity index (χ1v) is 7.42. The lowest BCUT2D eigenvalue weighted by atomic mass is 10.1. The summed E-state index contributed by atoms with van der Waals surface area (Å²) in [5.74, 6) is -1.52. The summed E-state index contributed by atoms with van der Waals surface area (Å²) >= 11 is 5.92. The van der Waals surface area contributed by atoms with E-state index in [-0.39, 0.29) is 15.9 Å². The number of rotatable bonds is 3. The number of hydrogen-bond donors (Lipinski definition) is 0. The fourth-order valence-electron chi connectivity index (χ4n) is 1.68. The van der Waals surface area contributed by atoms with Crippen LogP contribution in [0, 0.1) is 0 Å². The molecule has 0 aliphatic rings. The molecule has 0 atom stereocenters. The number of nitrogens with zero attached hydrogens (tertiary/aromatic N) is 1. The number of carbonyl (C=O) groups is 1. The summed E-state index contributed by atoms with van der Waals surface area (Å²) in [5, 5.41) is 0.187. The van der Waals surface area contributed by atoms with Gasteiger partial charge < -0.3 is 4.18 Å². The Balaban J connectivity index is 2.79. The summed E-state index contributed by atoms with van der Waals surface area (Å²) in [7, 11) is -5.95. The van der Waals surface area contributed by atoms with E-state index < -0.39 is 32.7 Å². The van der Waals surface area contributed by atoms with Crippen molar-refractivity contribution in [1.29, 1.82) is 0 Å². The number of benzene rings is 1. The number of hydrogen-bond acceptors (Lipinski definition) is 5. The topological polar surface area (TPSA) is 73.3 Å². The maximum absolute atomic E-state index is 12.5. The SMILES string of the molecule is CC(=O)c1cc(Cl)c2cccnc2c1OS(=O)(=O)C(F)(F)F. The Bertz CT molecular complexity index is 865. The molecule has 118 valence electrons. The number of fused-ring (bicyclic) bond motifs is 1. The highest BCUT2D eigenvalue weighted by Gasteiger charge is 2.49. The van der Waals surface area contributed by atoms with Gasteiger partial charge in [0.1, 0.15) is 5.52 Å². The Labute approximate surface area is 127 Å². The lowest BCUT2D eigenvalue weighted by Crippen LogP contribution is -2.28. The molecule has 2 aromatic rings. The van der Waals surface area contributed by atoms with Gasteiger partial charge in [-0.15, -0.1) is 0 Å². The van der Waals surface area contributed by atoms with Gasteiger partial charge in [-0.1, -0.05) is 11.6 Å². The summed E-state index contributed by atoms with van der Waals surface area (Å²) in [6.07, 6.45) is 1.20. The van der Waals surface area contributed by atoms with Crippen molar-refractivity contribution in [3.8, 4) is 5.75 Å². The molecule has 1 aromatic carbocycles. The molecule has 10 heteroatoms. The second-order valence-corrected chi connectivity index (χ2v) is 6.12. The van der Waals surface area contributed by atoms with Crippen LogP contribution in [0.2, 0.25) is 5.02 Å². The molecule has 0 unspecified atom stereocenters. The first-order valence-electron chi connectivity index (χ1n) is 5.63. The Kier molecular flexibility index (Phi) is 4.05. The summed E-state index contributed by atoms with van der Waals surface area (Å²) in [4.78, 5) is 15.3. The van der Waals surface area contributed by atoms with Crippen LogP contribution < -0.4 is 4.18 Å². The van der Waals surface area contributed by atoms with Crippen molar-refractivity contribution >= 4 is 38.4 Å². The van der Waals surface area contributed by atoms with Gasteiger partial charge in [0, 0.05) is 11.6 Å². The van der Waals surface area contributed by atoms with E-state index in [1.54, 1.807) is 0 Å². The standard InChI is InChI=1S/C12H7ClF3NO4S/c1-6(18)8-5-9(13)7-3-2-4-17-10(7)11(8)21-22(19,20)12(14,15)16/h2-5H,1H3. The minimum atomic E-state index is -5.95. The molecule has 0 aliphatic heterocycles. The van der Waals surface area contributed by atoms with Gasteiger partial charge in [0.25, 0.3) is 0 Å². The van der Waals surface area contributed by atoms with E-state index in [0.29, 0.717) is 0 Å². The van der Waals surface area contributed by atoms with Gasteiger partial charge in [0.15, 0.2) is 11.5 Å². The number of aromatic nitrogens is 1. The quantitative estimate of drug-likeness (QED) is 0.481. The van der Waals surface area contributed by atoms with Gasteiger partial charge >= 0.3 is 15.6 Å². The zero-order chi connectivity index (χ0) is 16.7. The van der Waals surface area contributed by atoms with Crippen molar-refractivity contribution in [2.75, 3.05) is 0 Å². The van der Waals surface area contributed by atoms with Crippen LogP contribution in [0.5, 0.6) is 5.75 Å². The number of Topliss-reactive ketones (excluding diaryl/α,β-unsaturated/α-hetero) is 1. The number of carbonyl (C=O) groups excluding carboxylic acids is 1. The molecule has 0 N–H and O–H groups in total. The second-order valence-electron chi connectivity index (χ2n) is 4.17. The Morgan fingerprint density at radius 3 is 2.55 bits per heavy atom. The lowest BCUT2D eigenvalue weighted by molar-refractivity contribution is -0.0499. The van der Waals surface area contributed by atoms with Gasteiger partial charge in [-0.2, -0.15) is 21.6 Å². The van der Waals surface area contributed by atoms with Crippen LogP contribution >= 0.6 is 11.6 Å². The van der Waals surface area contributed by atoms with E-state index >= 15 is 0 Å². The Morgan fingerprint density at radius 2 is 2.00 bits per heavy atom. The minimum Gasteiger partial charge on any atom is -0.373 e. The predicted octanol–water partition coefficient (Wildman–Crippen LogP) is 3.32. The summed E-state index contributed by atoms with van der Waals surface area (Å²) in [5.41, 5.74) is -6.31. The lowest BCUT2D eigenvalue weighted by Gasteiger charge is -2.14. The highest BCUT2D eigenvalue weighted by Crippen LogP contribution is 2.37. The molecule has 1 heterocycles. The smallest absolute Gasteiger partial charge is 0.373 e. The zero-order valence-electron chi connectivity index (χ0n) is 10.8. The molecule has 0 saturated carbocycles. The second kappa shape index (κ2) is 5.40. The van der Waals surface area contributed by atoms with E-state index in [0.717, 1.165) is 13.0 Å². The number of pyridine rings is 1. The third kappa shape index (κ3) is 2.86. The molecule has 0 fully saturated rings. The Morgan fingerprint density at radius 1 is 1.36 bits per heavy atom. The van der Waals surface area contributed by atoms with Gasteiger partial charge in [0.2, 0.25) is 0 Å². The predicted molar refractivity (Wildman–Crippen MR) is 72.4 cm³/mol. The summed E-state index contributed by atoms with van der Waals surface area (Å²) in [6, 6.07) is 3.89. The molecule has 0 radical (unpaired) electrons. The number of halogens is 4. The normalized spacial score (nSPS) is 12.4. The highest BCUT2D eigenvalue weighted by molar-refractivity contribution is 7.88. The van der Waals surface area contributed by atoms with E-state index in [9.17, 15) is 26.4 Å². The summed E-state index contributed by atoms with van der Waals surface area (Å²) < 4.78 is 64.0. The first-order chi connectivity index (χ1) is 10.0. The third-order valence-electron chi connectivity index (χ3n) is 2.65. The molecular formula is C12H7ClF3NO4S. The molecule has 22 heavy (non-hydrogen) atoms. The number of ketones is 1. The maximum atomic E-state index is 12.5. The van der Waals surface area contributed by atoms with Gasteiger partial charge in [-0.05, 0) is 25.1 Å². The van der Waals surface area contributed by atoms with E-state index in [4.69, 9.17) is 11.6 Å². The van der Waals surface area contributed by atoms with Gasteiger partial charge in [-0.25, -0.2) is 0 Å². The van der Waals surface area contributed by atoms with Crippen molar-refractivity contribution in [2.45, 2.75) is 12.4 Å². The van der Waals surface area contributed by atoms with Gasteiger partial charge in [0.05, 0.1) is 10.6 Å². The van der Waals surface area contributed by atoms with E-state index in [1.807, 2.05) is 0 Å². The molecule has 5 nitrogen and oxygen atoms in total. The van der Waals surface area contributed by atoms with Crippen molar-refractivity contribution in [1.82, 2.24) is 4.98 Å². The summed E-state index contributed by atoms with van der Waals surface area (Å²) in [6.45, 7) is 1.04. The van der Waals surface area contributed by atoms with Gasteiger partial charge in [-0.3, -0.25) is 9.78 Å². The van der Waals surface area contributed by atoms with Crippen molar-refractivity contribution in [3.63, 3.8) is 0 Å². The molecule has 0 amide bonds. The van der Waals surface area contributed by atoms with E-state index in [1.165, 1.54) is 18.3 Å². The van der Waals surface area contributed by atoms with Crippen LogP contribution in [0.1, 0.15) is 17.3 Å². The maximum Gasteiger partial charge on any atom is 0.534 e. The van der Waals surface area contributed by atoms with Crippen LogP contribution in [0.25, 0.3) is 10.9 Å². The fourth-order valence-corrected chi connectivity index (χ4v) is 2.42. The number of alkyl halides is 3. The molecule has 0 bridgehead atoms. The largest absolute Gasteiger partial charge is 0.534 e. The highest BCUT2D eigenvalue weighted by atomic mass is 35.5. The molecule has 0 spiro atoms. The minimum absolute atomic E-state index is 0.0325. The van der Waals surface area contributed by atoms with E-state index in [2.05, 4.69) is 9.17 Å². The van der Waals surface area contributed by atoms with Crippen LogP contribution in [0.4, 0.5) is 13.2 Å². The average Bonchev–Trinajstić information content (AvgIpc) is 2.40. The van der Waals surface area contributed by atoms with Crippen molar-refractivity contribution in [3.05, 3.63) is 35.0 Å². The zero-order valence-corrected chi connectivity index (χ0v) is 12.4. The third-order valence-corrected chi connectivity index (χ3v) is 3.92. The van der Waals surface area contributed by atoms with Crippen LogP contribution in [0.15, 0.2) is 24.4 Å². The first kappa shape index (κ1) is 16.5. The fraction of sp³-hybridized carbons (Fsp3) is 0.167. The molecule has 1 aromatic heterocycles. The molecule has 0 saturated heterocycles. The van der Waals surface area contributed by atoms with Crippen LogP contribution in [-0.4, -0.2) is 24.7 Å². The van der Waals surface area contributed by atoms with Crippen molar-refractivity contribution < 1.29 is 30.6 Å². The molecular weight excluding hydrogens is 347 g/mol. The monoisotopic (exact) mass is 353 g/mol. The van der Waals surface area contributed by atoms with Crippen molar-refractivity contribution in [2.24, 2.45) is 0 Å². The van der Waals surface area contributed by atoms with Crippen LogP contribution in [-0.2, 0) is 10.1 Å². The molecule has 0 aliphatic carbocycles. The van der Waals surface area contributed by atoms with Crippen LogP contribution in [0.3, 0.4) is 0 Å². The average molecular weight is 354 g/mol. The molecule has 2 rings (SSSR count).